The van der Waals surface area contributed by atoms with E-state index in [1.807, 2.05) is 25.1 Å². The number of benzene rings is 2. The van der Waals surface area contributed by atoms with Crippen molar-refractivity contribution < 1.29 is 22.7 Å². The summed E-state index contributed by atoms with van der Waals surface area (Å²) < 4.78 is 36.5. The van der Waals surface area contributed by atoms with E-state index in [-0.39, 0.29) is 17.4 Å². The minimum Gasteiger partial charge on any atom is -0.492 e. The van der Waals surface area contributed by atoms with Gasteiger partial charge in [-0.15, -0.1) is 0 Å². The maximum absolute atomic E-state index is 12.2. The minimum absolute atomic E-state index is 0.196. The monoisotopic (exact) mass is 406 g/mol. The van der Waals surface area contributed by atoms with Crippen LogP contribution < -0.4 is 14.8 Å². The van der Waals surface area contributed by atoms with E-state index in [9.17, 15) is 13.2 Å². The molecular weight excluding hydrogens is 380 g/mol. The molecule has 0 spiro atoms. The van der Waals surface area contributed by atoms with Gasteiger partial charge in [-0.25, -0.2) is 12.7 Å². The lowest BCUT2D eigenvalue weighted by atomic mass is 10.2. The minimum atomic E-state index is -3.46. The highest BCUT2D eigenvalue weighted by molar-refractivity contribution is 7.89. The third kappa shape index (κ3) is 5.97. The molecule has 28 heavy (non-hydrogen) atoms. The highest BCUT2D eigenvalue weighted by atomic mass is 32.2. The Bertz CT molecular complexity index is 852. The molecule has 7 nitrogen and oxygen atoms in total. The van der Waals surface area contributed by atoms with E-state index in [2.05, 4.69) is 5.32 Å². The number of nitrogens with one attached hydrogen (secondary N) is 1. The lowest BCUT2D eigenvalue weighted by molar-refractivity contribution is -0.128. The normalized spacial score (nSPS) is 12.4. The van der Waals surface area contributed by atoms with Gasteiger partial charge in [0.1, 0.15) is 18.1 Å². The number of para-hydroxylation sites is 1. The molecule has 1 amide bonds. The van der Waals surface area contributed by atoms with Crippen LogP contribution in [-0.4, -0.2) is 52.0 Å². The summed E-state index contributed by atoms with van der Waals surface area (Å²) in [5, 5.41) is 2.78. The van der Waals surface area contributed by atoms with E-state index in [1.54, 1.807) is 24.3 Å². The molecule has 0 aliphatic rings. The lowest BCUT2D eigenvalue weighted by Crippen LogP contribution is -2.39. The van der Waals surface area contributed by atoms with Crippen molar-refractivity contribution in [3.05, 3.63) is 54.6 Å². The second-order valence-corrected chi connectivity index (χ2v) is 8.38. The Morgan fingerprint density at radius 3 is 2.25 bits per heavy atom. The molecule has 2 rings (SSSR count). The highest BCUT2D eigenvalue weighted by Crippen LogP contribution is 2.18. The van der Waals surface area contributed by atoms with Gasteiger partial charge in [0.05, 0.1) is 11.4 Å². The van der Waals surface area contributed by atoms with Crippen molar-refractivity contribution in [3.8, 4) is 11.5 Å². The molecule has 0 saturated carbocycles. The Morgan fingerprint density at radius 2 is 1.68 bits per heavy atom. The molecule has 0 bridgehead atoms. The molecular formula is C20H26N2O5S. The van der Waals surface area contributed by atoms with Crippen LogP contribution in [0.1, 0.15) is 13.3 Å². The topological polar surface area (TPSA) is 84.9 Å². The van der Waals surface area contributed by atoms with E-state index in [4.69, 9.17) is 9.47 Å². The van der Waals surface area contributed by atoms with Crippen LogP contribution in [0.5, 0.6) is 11.5 Å². The third-order valence-corrected chi connectivity index (χ3v) is 5.79. The van der Waals surface area contributed by atoms with E-state index < -0.39 is 16.1 Å². The van der Waals surface area contributed by atoms with Crippen molar-refractivity contribution in [1.82, 2.24) is 9.62 Å². The van der Waals surface area contributed by atoms with Crippen LogP contribution in [0.2, 0.25) is 0 Å². The number of sulfonamides is 1. The summed E-state index contributed by atoms with van der Waals surface area (Å²) in [7, 11) is -0.502. The summed E-state index contributed by atoms with van der Waals surface area (Å²) >= 11 is 0. The number of rotatable bonds is 10. The number of hydrogen-bond acceptors (Lipinski definition) is 5. The Balaban J connectivity index is 1.79. The Hall–Kier alpha value is -2.58. The molecule has 1 N–H and O–H groups in total. The van der Waals surface area contributed by atoms with E-state index >= 15 is 0 Å². The van der Waals surface area contributed by atoms with Crippen LogP contribution in [0.4, 0.5) is 0 Å². The van der Waals surface area contributed by atoms with Gasteiger partial charge in [-0.3, -0.25) is 4.79 Å². The first-order valence-electron chi connectivity index (χ1n) is 8.99. The predicted octanol–water partition coefficient (Wildman–Crippen LogP) is 2.29. The number of carbonyl (C=O) groups is 1. The summed E-state index contributed by atoms with van der Waals surface area (Å²) in [5.74, 6) is 0.968. The molecule has 1 atom stereocenters. The van der Waals surface area contributed by atoms with Gasteiger partial charge in [0.25, 0.3) is 5.91 Å². The Labute approximate surface area is 166 Å². The summed E-state index contributed by atoms with van der Waals surface area (Å²) in [6.07, 6.45) is -0.0263. The van der Waals surface area contributed by atoms with Crippen LogP contribution in [0.3, 0.4) is 0 Å². The lowest BCUT2D eigenvalue weighted by Gasteiger charge is -2.17. The van der Waals surface area contributed by atoms with E-state index in [0.29, 0.717) is 24.5 Å². The van der Waals surface area contributed by atoms with Gasteiger partial charge in [0.2, 0.25) is 10.0 Å². The van der Waals surface area contributed by atoms with Crippen LogP contribution in [-0.2, 0) is 14.8 Å². The van der Waals surface area contributed by atoms with Gasteiger partial charge in [0, 0.05) is 14.1 Å². The summed E-state index contributed by atoms with van der Waals surface area (Å²) in [6.45, 7) is 2.45. The zero-order valence-corrected chi connectivity index (χ0v) is 17.1. The maximum atomic E-state index is 12.2. The van der Waals surface area contributed by atoms with Gasteiger partial charge < -0.3 is 14.8 Å². The molecule has 0 heterocycles. The van der Waals surface area contributed by atoms with Gasteiger partial charge in [-0.2, -0.15) is 0 Å². The molecule has 152 valence electrons. The summed E-state index contributed by atoms with van der Waals surface area (Å²) in [5.41, 5.74) is 0. The van der Waals surface area contributed by atoms with Gasteiger partial charge >= 0.3 is 0 Å². The smallest absolute Gasteiger partial charge is 0.261 e. The molecule has 0 radical (unpaired) electrons. The van der Waals surface area contributed by atoms with Gasteiger partial charge in [0.15, 0.2) is 6.10 Å². The molecule has 0 aliphatic carbocycles. The molecule has 0 aromatic heterocycles. The first kappa shape index (κ1) is 21.7. The van der Waals surface area contributed by atoms with Gasteiger partial charge in [-0.05, 0) is 42.8 Å². The second-order valence-electron chi connectivity index (χ2n) is 6.23. The zero-order chi connectivity index (χ0) is 20.6. The summed E-state index contributed by atoms with van der Waals surface area (Å²) in [4.78, 5) is 12.4. The fourth-order valence-electron chi connectivity index (χ4n) is 2.36. The van der Waals surface area contributed by atoms with Crippen molar-refractivity contribution in [2.24, 2.45) is 0 Å². The van der Waals surface area contributed by atoms with Crippen molar-refractivity contribution in [2.75, 3.05) is 27.2 Å². The molecule has 0 fully saturated rings. The number of nitrogens with zero attached hydrogens (tertiary/aromatic N) is 1. The molecule has 2 aromatic rings. The second kappa shape index (κ2) is 10.1. The first-order valence-corrected chi connectivity index (χ1v) is 10.4. The summed E-state index contributed by atoms with van der Waals surface area (Å²) in [6, 6.07) is 15.4. The third-order valence-electron chi connectivity index (χ3n) is 3.96. The fraction of sp³-hybridized carbons (Fsp3) is 0.350. The predicted molar refractivity (Wildman–Crippen MR) is 107 cm³/mol. The van der Waals surface area contributed by atoms with Crippen LogP contribution in [0, 0.1) is 0 Å². The van der Waals surface area contributed by atoms with Crippen molar-refractivity contribution in [2.45, 2.75) is 24.3 Å². The Morgan fingerprint density at radius 1 is 1.04 bits per heavy atom. The number of carbonyl (C=O) groups excluding carboxylic acids is 1. The maximum Gasteiger partial charge on any atom is 0.261 e. The molecule has 8 heteroatoms. The fourth-order valence-corrected chi connectivity index (χ4v) is 3.26. The largest absolute Gasteiger partial charge is 0.492 e. The van der Waals surface area contributed by atoms with Crippen LogP contribution in [0.25, 0.3) is 0 Å². The standard InChI is InChI=1S/C20H26N2O5S/c1-4-19(27-17-8-6-5-7-9-17)20(23)21-14-15-26-16-10-12-18(13-11-16)28(24,25)22(2)3/h5-13,19H,4,14-15H2,1-3H3,(H,21,23). The molecule has 2 aromatic carbocycles. The molecule has 0 saturated heterocycles. The van der Waals surface area contributed by atoms with Crippen LogP contribution >= 0.6 is 0 Å². The van der Waals surface area contributed by atoms with E-state index in [0.717, 1.165) is 4.31 Å². The average molecular weight is 407 g/mol. The Kier molecular flexibility index (Phi) is 7.83. The van der Waals surface area contributed by atoms with Gasteiger partial charge in [-0.1, -0.05) is 25.1 Å². The highest BCUT2D eigenvalue weighted by Gasteiger charge is 2.18. The van der Waals surface area contributed by atoms with Crippen molar-refractivity contribution in [3.63, 3.8) is 0 Å². The zero-order valence-electron chi connectivity index (χ0n) is 16.3. The van der Waals surface area contributed by atoms with E-state index in [1.165, 1.54) is 26.2 Å². The number of amides is 1. The molecule has 1 unspecified atom stereocenters. The number of ether oxygens (including phenoxy) is 2. The number of hydrogen-bond donors (Lipinski definition) is 1. The first-order chi connectivity index (χ1) is 13.3. The van der Waals surface area contributed by atoms with Crippen molar-refractivity contribution in [1.29, 1.82) is 0 Å². The van der Waals surface area contributed by atoms with Crippen LogP contribution in [0.15, 0.2) is 59.5 Å². The van der Waals surface area contributed by atoms with Crippen molar-refractivity contribution >= 4 is 15.9 Å². The quantitative estimate of drug-likeness (QED) is 0.612. The SMILES string of the molecule is CCC(Oc1ccccc1)C(=O)NCCOc1ccc(S(=O)(=O)N(C)C)cc1. The molecule has 0 aliphatic heterocycles. The average Bonchev–Trinajstić information content (AvgIpc) is 2.70.